The molecule has 2 aliphatic heterocycles. The molecule has 0 saturated carbocycles. The lowest BCUT2D eigenvalue weighted by Gasteiger charge is -2.19. The van der Waals surface area contributed by atoms with E-state index in [0.717, 1.165) is 0 Å². The molecular weight excluding hydrogens is 363 g/mol. The maximum atomic E-state index is 13.7. The number of carbonyl (C=O) groups is 2. The molecule has 8 heteroatoms. The zero-order valence-electron chi connectivity index (χ0n) is 13.7. The van der Waals surface area contributed by atoms with E-state index < -0.39 is 11.9 Å². The molecule has 0 radical (unpaired) electrons. The summed E-state index contributed by atoms with van der Waals surface area (Å²) < 4.78 is 24.3. The summed E-state index contributed by atoms with van der Waals surface area (Å²) in [7, 11) is 0. The smallest absolute Gasteiger partial charge is 0.254 e. The first-order valence-electron chi connectivity index (χ1n) is 7.90. The second kappa shape index (κ2) is 6.17. The van der Waals surface area contributed by atoms with Crippen LogP contribution in [0.25, 0.3) is 0 Å². The van der Waals surface area contributed by atoms with E-state index in [-0.39, 0.29) is 25.2 Å². The SMILES string of the molecule is CC(=O)NC1C(=O)N(Cc2cc3c(cc2Cl)OCO3)c2ccc(F)cc21. The minimum absolute atomic E-state index is 0.116. The highest BCUT2D eigenvalue weighted by Crippen LogP contribution is 2.41. The zero-order valence-corrected chi connectivity index (χ0v) is 14.5. The Morgan fingerprint density at radius 1 is 1.31 bits per heavy atom. The largest absolute Gasteiger partial charge is 0.454 e. The molecule has 2 aromatic carbocycles. The Morgan fingerprint density at radius 3 is 2.77 bits per heavy atom. The number of hydrogen-bond acceptors (Lipinski definition) is 4. The predicted molar refractivity (Wildman–Crippen MR) is 91.7 cm³/mol. The van der Waals surface area contributed by atoms with Gasteiger partial charge in [-0.05, 0) is 29.8 Å². The molecule has 0 aliphatic carbocycles. The third kappa shape index (κ3) is 2.74. The quantitative estimate of drug-likeness (QED) is 0.894. The minimum Gasteiger partial charge on any atom is -0.454 e. The normalized spacial score (nSPS) is 17.4. The molecule has 1 unspecified atom stereocenters. The third-order valence-electron chi connectivity index (χ3n) is 4.32. The number of nitrogens with zero attached hydrogens (tertiary/aromatic N) is 1. The fourth-order valence-corrected chi connectivity index (χ4v) is 3.38. The average molecular weight is 377 g/mol. The van der Waals surface area contributed by atoms with Crippen LogP contribution in [-0.2, 0) is 16.1 Å². The lowest BCUT2D eigenvalue weighted by Crippen LogP contribution is -2.36. The van der Waals surface area contributed by atoms with Gasteiger partial charge in [0, 0.05) is 23.6 Å². The van der Waals surface area contributed by atoms with Gasteiger partial charge < -0.3 is 19.7 Å². The van der Waals surface area contributed by atoms with Gasteiger partial charge in [-0.15, -0.1) is 0 Å². The maximum absolute atomic E-state index is 13.7. The van der Waals surface area contributed by atoms with Crippen molar-refractivity contribution in [3.63, 3.8) is 0 Å². The summed E-state index contributed by atoms with van der Waals surface area (Å²) in [5.74, 6) is -0.107. The van der Waals surface area contributed by atoms with Crippen LogP contribution in [0.4, 0.5) is 10.1 Å². The van der Waals surface area contributed by atoms with Gasteiger partial charge in [0.05, 0.1) is 12.2 Å². The van der Waals surface area contributed by atoms with Crippen LogP contribution in [0, 0.1) is 5.82 Å². The van der Waals surface area contributed by atoms with Gasteiger partial charge in [-0.25, -0.2) is 4.39 Å². The Kier molecular flexibility index (Phi) is 3.96. The fraction of sp³-hybridized carbons (Fsp3) is 0.222. The van der Waals surface area contributed by atoms with Crippen LogP contribution < -0.4 is 19.7 Å². The number of hydrogen-bond donors (Lipinski definition) is 1. The highest BCUT2D eigenvalue weighted by Gasteiger charge is 2.38. The van der Waals surface area contributed by atoms with Gasteiger partial charge in [0.25, 0.3) is 5.91 Å². The van der Waals surface area contributed by atoms with Crippen LogP contribution in [0.15, 0.2) is 30.3 Å². The summed E-state index contributed by atoms with van der Waals surface area (Å²) in [5, 5.41) is 3.00. The van der Waals surface area contributed by atoms with Gasteiger partial charge in [-0.2, -0.15) is 0 Å². The summed E-state index contributed by atoms with van der Waals surface area (Å²) in [6.07, 6.45) is 0. The summed E-state index contributed by atoms with van der Waals surface area (Å²) in [6.45, 7) is 1.58. The van der Waals surface area contributed by atoms with E-state index in [0.29, 0.717) is 33.3 Å². The second-order valence-corrected chi connectivity index (χ2v) is 6.47. The number of anilines is 1. The van der Waals surface area contributed by atoms with E-state index in [9.17, 15) is 14.0 Å². The Bertz CT molecular complexity index is 934. The van der Waals surface area contributed by atoms with Crippen LogP contribution in [0.3, 0.4) is 0 Å². The first-order chi connectivity index (χ1) is 12.4. The number of benzene rings is 2. The van der Waals surface area contributed by atoms with Gasteiger partial charge in [-0.3, -0.25) is 9.59 Å². The Hall–Kier alpha value is -2.80. The number of halogens is 2. The molecule has 6 nitrogen and oxygen atoms in total. The van der Waals surface area contributed by atoms with E-state index in [1.807, 2.05) is 0 Å². The Balaban J connectivity index is 1.71. The van der Waals surface area contributed by atoms with Crippen molar-refractivity contribution >= 4 is 29.1 Å². The molecular formula is C18H14ClFN2O4. The molecule has 2 aliphatic rings. The number of nitrogens with one attached hydrogen (secondary N) is 1. The molecule has 1 N–H and O–H groups in total. The van der Waals surface area contributed by atoms with Crippen molar-refractivity contribution in [1.82, 2.24) is 5.32 Å². The highest BCUT2D eigenvalue weighted by atomic mass is 35.5. The number of ether oxygens (including phenoxy) is 2. The molecule has 0 bridgehead atoms. The van der Waals surface area contributed by atoms with Crippen molar-refractivity contribution in [1.29, 1.82) is 0 Å². The van der Waals surface area contributed by atoms with Crippen LogP contribution >= 0.6 is 11.6 Å². The fourth-order valence-electron chi connectivity index (χ4n) is 3.17. The van der Waals surface area contributed by atoms with Gasteiger partial charge in [-0.1, -0.05) is 11.6 Å². The first-order valence-corrected chi connectivity index (χ1v) is 8.28. The first kappa shape index (κ1) is 16.7. The number of carbonyl (C=O) groups excluding carboxylic acids is 2. The number of rotatable bonds is 3. The molecule has 2 heterocycles. The minimum atomic E-state index is -0.925. The van der Waals surface area contributed by atoms with Crippen molar-refractivity contribution in [2.24, 2.45) is 0 Å². The second-order valence-electron chi connectivity index (χ2n) is 6.06. The molecule has 26 heavy (non-hydrogen) atoms. The van der Waals surface area contributed by atoms with Crippen molar-refractivity contribution in [3.8, 4) is 11.5 Å². The monoisotopic (exact) mass is 376 g/mol. The van der Waals surface area contributed by atoms with Gasteiger partial charge >= 0.3 is 0 Å². The lowest BCUT2D eigenvalue weighted by atomic mass is 10.1. The molecule has 2 amide bonds. The van der Waals surface area contributed by atoms with E-state index in [4.69, 9.17) is 21.1 Å². The molecule has 0 saturated heterocycles. The molecule has 0 spiro atoms. The zero-order chi connectivity index (χ0) is 18.4. The Morgan fingerprint density at radius 2 is 2.04 bits per heavy atom. The predicted octanol–water partition coefficient (Wildman–Crippen LogP) is 2.93. The van der Waals surface area contributed by atoms with Crippen molar-refractivity contribution in [2.45, 2.75) is 19.5 Å². The van der Waals surface area contributed by atoms with Crippen molar-refractivity contribution in [2.75, 3.05) is 11.7 Å². The average Bonchev–Trinajstić information content (AvgIpc) is 3.12. The summed E-state index contributed by atoms with van der Waals surface area (Å²) in [6, 6.07) is 6.48. The van der Waals surface area contributed by atoms with Crippen molar-refractivity contribution < 1.29 is 23.5 Å². The van der Waals surface area contributed by atoms with Gasteiger partial charge in [0.15, 0.2) is 11.5 Å². The van der Waals surface area contributed by atoms with E-state index in [1.54, 1.807) is 12.1 Å². The van der Waals surface area contributed by atoms with Crippen LogP contribution in [0.1, 0.15) is 24.1 Å². The number of fused-ring (bicyclic) bond motifs is 2. The Labute approximate surface area is 153 Å². The number of amides is 2. The van der Waals surface area contributed by atoms with Gasteiger partial charge in [0.1, 0.15) is 11.9 Å². The molecule has 1 atom stereocenters. The van der Waals surface area contributed by atoms with Crippen molar-refractivity contribution in [3.05, 3.63) is 52.3 Å². The van der Waals surface area contributed by atoms with E-state index in [2.05, 4.69) is 5.32 Å². The summed E-state index contributed by atoms with van der Waals surface area (Å²) in [5.41, 5.74) is 1.61. The molecule has 134 valence electrons. The topological polar surface area (TPSA) is 67.9 Å². The standard InChI is InChI=1S/C18H14ClFN2O4/c1-9(23)21-17-12-5-11(20)2-3-14(12)22(18(17)24)7-10-4-15-16(6-13(10)19)26-8-25-15/h2-6,17H,7-8H2,1H3,(H,21,23). The van der Waals surface area contributed by atoms with E-state index in [1.165, 1.54) is 30.0 Å². The van der Waals surface area contributed by atoms with Gasteiger partial charge in [0.2, 0.25) is 12.7 Å². The van der Waals surface area contributed by atoms with Crippen LogP contribution in [0.2, 0.25) is 5.02 Å². The molecule has 2 aromatic rings. The highest BCUT2D eigenvalue weighted by molar-refractivity contribution is 6.31. The molecule has 0 aromatic heterocycles. The van der Waals surface area contributed by atoms with E-state index >= 15 is 0 Å². The third-order valence-corrected chi connectivity index (χ3v) is 4.67. The molecule has 0 fully saturated rings. The summed E-state index contributed by atoms with van der Waals surface area (Å²) >= 11 is 6.30. The summed E-state index contributed by atoms with van der Waals surface area (Å²) in [4.78, 5) is 25.8. The lowest BCUT2D eigenvalue weighted by molar-refractivity contribution is -0.126. The maximum Gasteiger partial charge on any atom is 0.254 e. The molecule has 4 rings (SSSR count). The van der Waals surface area contributed by atoms with Crippen LogP contribution in [0.5, 0.6) is 11.5 Å². The van der Waals surface area contributed by atoms with Crippen LogP contribution in [-0.4, -0.2) is 18.6 Å².